The van der Waals surface area contributed by atoms with E-state index in [0.29, 0.717) is 5.82 Å². The first kappa shape index (κ1) is 13.5. The molecule has 1 unspecified atom stereocenters. The minimum atomic E-state index is -0.892. The summed E-state index contributed by atoms with van der Waals surface area (Å²) in [5, 5.41) is 15.4. The van der Waals surface area contributed by atoms with E-state index in [1.54, 1.807) is 6.92 Å². The lowest BCUT2D eigenvalue weighted by Crippen LogP contribution is -2.51. The molecule has 1 amide bonds. The van der Waals surface area contributed by atoms with Gasteiger partial charge in [-0.1, -0.05) is 12.1 Å². The topological polar surface area (TPSA) is 105 Å². The first-order chi connectivity index (χ1) is 9.02. The van der Waals surface area contributed by atoms with Gasteiger partial charge in [-0.3, -0.25) is 9.59 Å². The fourth-order valence-electron chi connectivity index (χ4n) is 2.32. The van der Waals surface area contributed by atoms with Crippen LogP contribution in [-0.4, -0.2) is 27.1 Å². The molecule has 0 aliphatic heterocycles. The molecule has 7 nitrogen and oxygen atoms in total. The lowest BCUT2D eigenvalue weighted by molar-refractivity contribution is -0.138. The monoisotopic (exact) mass is 267 g/mol. The molecular weight excluding hydrogens is 250 g/mol. The van der Waals surface area contributed by atoms with Gasteiger partial charge in [-0.2, -0.15) is 4.98 Å². The number of aliphatic carboxylic acids is 1. The SMILES string of the molecule is CC(CC(=O)O)CC(=O)NC1(c2ncon2)CCC1. The van der Waals surface area contributed by atoms with Gasteiger partial charge in [0.05, 0.1) is 0 Å². The fourth-order valence-corrected chi connectivity index (χ4v) is 2.32. The number of carboxylic acid groups (broad SMARTS) is 1. The summed E-state index contributed by atoms with van der Waals surface area (Å²) < 4.78 is 4.72. The van der Waals surface area contributed by atoms with Gasteiger partial charge in [0.2, 0.25) is 12.3 Å². The quantitative estimate of drug-likeness (QED) is 0.798. The largest absolute Gasteiger partial charge is 0.481 e. The summed E-state index contributed by atoms with van der Waals surface area (Å²) >= 11 is 0. The lowest BCUT2D eigenvalue weighted by atomic mass is 9.76. The number of nitrogens with zero attached hydrogens (tertiary/aromatic N) is 2. The summed E-state index contributed by atoms with van der Waals surface area (Å²) in [6.45, 7) is 1.75. The number of carboxylic acids is 1. The van der Waals surface area contributed by atoms with Crippen molar-refractivity contribution in [2.45, 2.75) is 44.6 Å². The minimum Gasteiger partial charge on any atom is -0.481 e. The van der Waals surface area contributed by atoms with Gasteiger partial charge in [-0.15, -0.1) is 0 Å². The van der Waals surface area contributed by atoms with Gasteiger partial charge in [0.15, 0.2) is 5.82 Å². The van der Waals surface area contributed by atoms with Crippen molar-refractivity contribution < 1.29 is 19.2 Å². The van der Waals surface area contributed by atoms with Gasteiger partial charge in [0.1, 0.15) is 5.54 Å². The van der Waals surface area contributed by atoms with E-state index in [4.69, 9.17) is 9.63 Å². The zero-order chi connectivity index (χ0) is 13.9. The molecule has 19 heavy (non-hydrogen) atoms. The summed E-state index contributed by atoms with van der Waals surface area (Å²) in [5.74, 6) is -0.757. The average molecular weight is 267 g/mol. The molecule has 7 heteroatoms. The molecule has 1 aromatic rings. The van der Waals surface area contributed by atoms with Crippen LogP contribution in [0.1, 0.15) is 44.9 Å². The van der Waals surface area contributed by atoms with Crippen LogP contribution in [0.3, 0.4) is 0 Å². The predicted molar refractivity (Wildman–Crippen MR) is 64.0 cm³/mol. The molecular formula is C12H17N3O4. The highest BCUT2D eigenvalue weighted by Gasteiger charge is 2.43. The van der Waals surface area contributed by atoms with Crippen LogP contribution >= 0.6 is 0 Å². The molecule has 0 aromatic carbocycles. The number of aromatic nitrogens is 2. The number of nitrogens with one attached hydrogen (secondary N) is 1. The molecule has 1 atom stereocenters. The van der Waals surface area contributed by atoms with E-state index in [1.165, 1.54) is 6.39 Å². The minimum absolute atomic E-state index is 0.0113. The van der Waals surface area contributed by atoms with E-state index in [-0.39, 0.29) is 24.7 Å². The van der Waals surface area contributed by atoms with Crippen LogP contribution in [0.2, 0.25) is 0 Å². The second kappa shape index (κ2) is 5.38. The van der Waals surface area contributed by atoms with Gasteiger partial charge in [-0.05, 0) is 25.2 Å². The smallest absolute Gasteiger partial charge is 0.303 e. The number of rotatable bonds is 6. The maximum absolute atomic E-state index is 11.9. The van der Waals surface area contributed by atoms with Crippen molar-refractivity contribution >= 4 is 11.9 Å². The third-order valence-corrected chi connectivity index (χ3v) is 3.43. The van der Waals surface area contributed by atoms with Crippen molar-refractivity contribution in [1.29, 1.82) is 0 Å². The Kier molecular flexibility index (Phi) is 3.82. The standard InChI is InChI=1S/C12H17N3O4/c1-8(6-10(17)18)5-9(16)14-12(3-2-4-12)11-13-7-19-15-11/h7-8H,2-6H2,1H3,(H,14,16)(H,17,18). The molecule has 0 spiro atoms. The number of hydrogen-bond donors (Lipinski definition) is 2. The van der Waals surface area contributed by atoms with Gasteiger partial charge in [-0.25, -0.2) is 0 Å². The summed E-state index contributed by atoms with van der Waals surface area (Å²) in [6.07, 6.45) is 3.99. The summed E-state index contributed by atoms with van der Waals surface area (Å²) in [5.41, 5.74) is -0.521. The zero-order valence-corrected chi connectivity index (χ0v) is 10.8. The normalized spacial score (nSPS) is 18.4. The van der Waals surface area contributed by atoms with Crippen molar-refractivity contribution in [3.8, 4) is 0 Å². The number of carbonyl (C=O) groups is 2. The van der Waals surface area contributed by atoms with E-state index in [0.717, 1.165) is 19.3 Å². The Morgan fingerprint density at radius 1 is 1.53 bits per heavy atom. The van der Waals surface area contributed by atoms with E-state index in [2.05, 4.69) is 15.5 Å². The highest BCUT2D eigenvalue weighted by atomic mass is 16.5. The molecule has 1 aliphatic rings. The second-order valence-corrected chi connectivity index (χ2v) is 5.15. The van der Waals surface area contributed by atoms with Crippen LogP contribution in [0.25, 0.3) is 0 Å². The van der Waals surface area contributed by atoms with Crippen molar-refractivity contribution in [2.24, 2.45) is 5.92 Å². The molecule has 2 N–H and O–H groups in total. The van der Waals surface area contributed by atoms with Gasteiger partial charge >= 0.3 is 5.97 Å². The Balaban J connectivity index is 1.92. The second-order valence-electron chi connectivity index (χ2n) is 5.15. The van der Waals surface area contributed by atoms with Gasteiger partial charge < -0.3 is 14.9 Å². The first-order valence-electron chi connectivity index (χ1n) is 6.31. The Morgan fingerprint density at radius 3 is 2.74 bits per heavy atom. The molecule has 0 saturated heterocycles. The number of amides is 1. The van der Waals surface area contributed by atoms with Crippen molar-refractivity contribution in [3.05, 3.63) is 12.2 Å². The average Bonchev–Trinajstić information content (AvgIpc) is 2.75. The molecule has 104 valence electrons. The Bertz CT molecular complexity index is 454. The van der Waals surface area contributed by atoms with Crippen LogP contribution in [0.4, 0.5) is 0 Å². The molecule has 1 saturated carbocycles. The number of carbonyl (C=O) groups excluding carboxylic acids is 1. The fraction of sp³-hybridized carbons (Fsp3) is 0.667. The zero-order valence-electron chi connectivity index (χ0n) is 10.8. The molecule has 1 heterocycles. The molecule has 1 aromatic heterocycles. The van der Waals surface area contributed by atoms with E-state index < -0.39 is 11.5 Å². The molecule has 1 fully saturated rings. The lowest BCUT2D eigenvalue weighted by Gasteiger charge is -2.39. The summed E-state index contributed by atoms with van der Waals surface area (Å²) in [6, 6.07) is 0. The van der Waals surface area contributed by atoms with Crippen molar-refractivity contribution in [3.63, 3.8) is 0 Å². The van der Waals surface area contributed by atoms with Crippen LogP contribution in [0.15, 0.2) is 10.9 Å². The molecule has 2 rings (SSSR count). The van der Waals surface area contributed by atoms with Gasteiger partial charge in [0.25, 0.3) is 0 Å². The van der Waals surface area contributed by atoms with Crippen LogP contribution in [0, 0.1) is 5.92 Å². The maximum Gasteiger partial charge on any atom is 0.303 e. The third-order valence-electron chi connectivity index (χ3n) is 3.43. The highest BCUT2D eigenvalue weighted by Crippen LogP contribution is 2.39. The number of hydrogen-bond acceptors (Lipinski definition) is 5. The highest BCUT2D eigenvalue weighted by molar-refractivity contribution is 5.78. The van der Waals surface area contributed by atoms with Crippen LogP contribution in [-0.2, 0) is 15.1 Å². The molecule has 0 bridgehead atoms. The van der Waals surface area contributed by atoms with Crippen LogP contribution < -0.4 is 5.32 Å². The van der Waals surface area contributed by atoms with E-state index in [1.807, 2.05) is 0 Å². The first-order valence-corrected chi connectivity index (χ1v) is 6.31. The van der Waals surface area contributed by atoms with Crippen molar-refractivity contribution in [2.75, 3.05) is 0 Å². The Hall–Kier alpha value is -1.92. The predicted octanol–water partition coefficient (Wildman–Crippen LogP) is 1.07. The van der Waals surface area contributed by atoms with Gasteiger partial charge in [0, 0.05) is 12.8 Å². The maximum atomic E-state index is 11.9. The third kappa shape index (κ3) is 3.10. The molecule has 1 aliphatic carbocycles. The van der Waals surface area contributed by atoms with Crippen LogP contribution in [0.5, 0.6) is 0 Å². The van der Waals surface area contributed by atoms with E-state index in [9.17, 15) is 9.59 Å². The summed E-state index contributed by atoms with van der Waals surface area (Å²) in [4.78, 5) is 26.5. The molecule has 0 radical (unpaired) electrons. The summed E-state index contributed by atoms with van der Waals surface area (Å²) in [7, 11) is 0. The Labute approximate surface area is 110 Å². The Morgan fingerprint density at radius 2 is 2.26 bits per heavy atom. The van der Waals surface area contributed by atoms with Crippen molar-refractivity contribution in [1.82, 2.24) is 15.5 Å². The van der Waals surface area contributed by atoms with E-state index >= 15 is 0 Å².